The Morgan fingerprint density at radius 3 is 2.00 bits per heavy atom. The van der Waals surface area contributed by atoms with E-state index in [9.17, 15) is 0 Å². The van der Waals surface area contributed by atoms with Crippen molar-refractivity contribution in [2.45, 2.75) is 6.92 Å². The molecule has 0 N–H and O–H groups in total. The molecule has 0 saturated heterocycles. The Labute approximate surface area is 116 Å². The summed E-state index contributed by atoms with van der Waals surface area (Å²) in [5, 5.41) is 0.331. The van der Waals surface area contributed by atoms with E-state index in [1.807, 2.05) is 0 Å². The van der Waals surface area contributed by atoms with Gasteiger partial charge in [-0.05, 0) is 6.92 Å². The Kier molecular flexibility index (Phi) is 4.06. The summed E-state index contributed by atoms with van der Waals surface area (Å²) >= 11 is 5.85. The minimum absolute atomic E-state index is 0.331. The van der Waals surface area contributed by atoms with Crippen molar-refractivity contribution in [1.82, 2.24) is 9.97 Å². The Morgan fingerprint density at radius 2 is 1.47 bits per heavy atom. The number of hydrogen-bond donors (Lipinski definition) is 0. The number of methoxy groups -OCH3 is 2. The first-order valence-corrected chi connectivity index (χ1v) is 5.90. The van der Waals surface area contributed by atoms with Gasteiger partial charge in [0, 0.05) is 24.3 Å². The topological polar surface area (TPSA) is 53.5 Å². The Morgan fingerprint density at radius 1 is 0.895 bits per heavy atom. The molecule has 1 aromatic heterocycles. The van der Waals surface area contributed by atoms with Gasteiger partial charge in [-0.1, -0.05) is 11.6 Å². The first kappa shape index (κ1) is 13.4. The van der Waals surface area contributed by atoms with Crippen LogP contribution in [0.15, 0.2) is 24.3 Å². The van der Waals surface area contributed by atoms with E-state index in [0.717, 1.165) is 0 Å². The van der Waals surface area contributed by atoms with Crippen molar-refractivity contribution in [3.05, 3.63) is 35.2 Å². The van der Waals surface area contributed by atoms with Crippen molar-refractivity contribution >= 4 is 11.6 Å². The molecule has 2 aromatic rings. The molecule has 5 nitrogen and oxygen atoms in total. The zero-order chi connectivity index (χ0) is 13.8. The van der Waals surface area contributed by atoms with E-state index in [-0.39, 0.29) is 0 Å². The van der Waals surface area contributed by atoms with Gasteiger partial charge in [-0.2, -0.15) is 4.98 Å². The third kappa shape index (κ3) is 3.48. The van der Waals surface area contributed by atoms with E-state index in [1.165, 1.54) is 0 Å². The second kappa shape index (κ2) is 5.75. The number of nitrogens with zero attached hydrogens (tertiary/aromatic N) is 2. The number of hydrogen-bond acceptors (Lipinski definition) is 5. The van der Waals surface area contributed by atoms with Crippen LogP contribution in [0.1, 0.15) is 5.82 Å². The second-order valence-corrected chi connectivity index (χ2v) is 4.11. The summed E-state index contributed by atoms with van der Waals surface area (Å²) in [5.74, 6) is 2.72. The van der Waals surface area contributed by atoms with Crippen molar-refractivity contribution in [1.29, 1.82) is 0 Å². The highest BCUT2D eigenvalue weighted by molar-refractivity contribution is 6.29. The highest BCUT2D eigenvalue weighted by Crippen LogP contribution is 2.30. The fraction of sp³-hybridized carbons (Fsp3) is 0.231. The average Bonchev–Trinajstić information content (AvgIpc) is 2.37. The van der Waals surface area contributed by atoms with Gasteiger partial charge in [0.2, 0.25) is 5.88 Å². The molecule has 0 fully saturated rings. The minimum atomic E-state index is 0.331. The summed E-state index contributed by atoms with van der Waals surface area (Å²) < 4.78 is 16.0. The highest BCUT2D eigenvalue weighted by atomic mass is 35.5. The predicted molar refractivity (Wildman–Crippen MR) is 71.4 cm³/mol. The van der Waals surface area contributed by atoms with Crippen LogP contribution in [0, 0.1) is 6.92 Å². The molecule has 0 unspecified atom stereocenters. The van der Waals surface area contributed by atoms with Crippen molar-refractivity contribution in [3.63, 3.8) is 0 Å². The quantitative estimate of drug-likeness (QED) is 0.805. The normalized spacial score (nSPS) is 10.1. The fourth-order valence-corrected chi connectivity index (χ4v) is 1.73. The molecule has 0 spiro atoms. The average molecular weight is 281 g/mol. The minimum Gasteiger partial charge on any atom is -0.496 e. The van der Waals surface area contributed by atoms with Crippen LogP contribution >= 0.6 is 11.6 Å². The predicted octanol–water partition coefficient (Wildman–Crippen LogP) is 3.25. The molecule has 2 rings (SSSR count). The molecule has 6 heteroatoms. The van der Waals surface area contributed by atoms with Gasteiger partial charge in [0.1, 0.15) is 28.2 Å². The molecule has 19 heavy (non-hydrogen) atoms. The zero-order valence-electron chi connectivity index (χ0n) is 10.8. The molecule has 0 radical (unpaired) electrons. The lowest BCUT2D eigenvalue weighted by Crippen LogP contribution is -1.94. The van der Waals surface area contributed by atoms with E-state index < -0.39 is 0 Å². The Balaban J connectivity index is 2.31. The Hall–Kier alpha value is -2.01. The van der Waals surface area contributed by atoms with Gasteiger partial charge in [-0.3, -0.25) is 0 Å². The van der Waals surface area contributed by atoms with Gasteiger partial charge >= 0.3 is 0 Å². The van der Waals surface area contributed by atoms with Crippen LogP contribution < -0.4 is 14.2 Å². The van der Waals surface area contributed by atoms with Gasteiger partial charge in [0.05, 0.1) is 14.2 Å². The lowest BCUT2D eigenvalue weighted by atomic mass is 10.3. The zero-order valence-corrected chi connectivity index (χ0v) is 11.6. The van der Waals surface area contributed by atoms with E-state index >= 15 is 0 Å². The molecule has 0 bridgehead atoms. The molecule has 0 aliphatic carbocycles. The maximum absolute atomic E-state index is 5.85. The summed E-state index contributed by atoms with van der Waals surface area (Å²) in [7, 11) is 3.15. The van der Waals surface area contributed by atoms with Crippen molar-refractivity contribution in [2.75, 3.05) is 14.2 Å². The largest absolute Gasteiger partial charge is 0.496 e. The van der Waals surface area contributed by atoms with Gasteiger partial charge in [0.25, 0.3) is 0 Å². The summed E-state index contributed by atoms with van der Waals surface area (Å²) in [6, 6.07) is 6.76. The van der Waals surface area contributed by atoms with E-state index in [2.05, 4.69) is 9.97 Å². The van der Waals surface area contributed by atoms with Gasteiger partial charge in [-0.15, -0.1) is 0 Å². The monoisotopic (exact) mass is 280 g/mol. The van der Waals surface area contributed by atoms with Gasteiger partial charge < -0.3 is 14.2 Å². The van der Waals surface area contributed by atoms with E-state index in [1.54, 1.807) is 45.4 Å². The van der Waals surface area contributed by atoms with Crippen LogP contribution in [-0.2, 0) is 0 Å². The third-order valence-corrected chi connectivity index (χ3v) is 2.52. The molecule has 1 aromatic carbocycles. The molecule has 0 saturated carbocycles. The maximum Gasteiger partial charge on any atom is 0.224 e. The number of benzene rings is 1. The summed E-state index contributed by atoms with van der Waals surface area (Å²) in [6.45, 7) is 1.74. The first-order valence-electron chi connectivity index (χ1n) is 5.53. The highest BCUT2D eigenvalue weighted by Gasteiger charge is 2.06. The molecule has 1 heterocycles. The smallest absolute Gasteiger partial charge is 0.224 e. The maximum atomic E-state index is 5.85. The van der Waals surface area contributed by atoms with Gasteiger partial charge in [-0.25, -0.2) is 4.98 Å². The third-order valence-electron chi connectivity index (χ3n) is 2.33. The second-order valence-electron chi connectivity index (χ2n) is 3.73. The number of aryl methyl sites for hydroxylation is 1. The lowest BCUT2D eigenvalue weighted by Gasteiger charge is -2.09. The number of aromatic nitrogens is 2. The van der Waals surface area contributed by atoms with Crippen LogP contribution in [0.5, 0.6) is 23.1 Å². The van der Waals surface area contributed by atoms with Gasteiger partial charge in [0.15, 0.2) is 0 Å². The SMILES string of the molecule is COc1cc(OC)cc(Oc2cc(Cl)nc(C)n2)c1. The van der Waals surface area contributed by atoms with Crippen LogP contribution in [0.4, 0.5) is 0 Å². The summed E-state index contributed by atoms with van der Waals surface area (Å²) in [4.78, 5) is 8.11. The van der Waals surface area contributed by atoms with Crippen LogP contribution in [0.3, 0.4) is 0 Å². The molecular formula is C13H13ClN2O3. The van der Waals surface area contributed by atoms with Crippen molar-refractivity contribution in [2.24, 2.45) is 0 Å². The fourth-order valence-electron chi connectivity index (χ4n) is 1.52. The number of ether oxygens (including phenoxy) is 3. The van der Waals surface area contributed by atoms with Crippen LogP contribution in [-0.4, -0.2) is 24.2 Å². The molecule has 0 aliphatic heterocycles. The van der Waals surface area contributed by atoms with Crippen LogP contribution in [0.25, 0.3) is 0 Å². The van der Waals surface area contributed by atoms with E-state index in [4.69, 9.17) is 25.8 Å². The van der Waals surface area contributed by atoms with Crippen molar-refractivity contribution in [3.8, 4) is 23.1 Å². The standard InChI is InChI=1S/C13H13ClN2O3/c1-8-15-12(14)7-13(16-8)19-11-5-9(17-2)4-10(6-11)18-3/h4-7H,1-3H3. The number of halogens is 1. The molecule has 100 valence electrons. The lowest BCUT2D eigenvalue weighted by molar-refractivity contribution is 0.385. The van der Waals surface area contributed by atoms with Crippen molar-refractivity contribution < 1.29 is 14.2 Å². The Bertz CT molecular complexity index is 548. The first-order chi connectivity index (χ1) is 9.10. The molecular weight excluding hydrogens is 268 g/mol. The summed E-state index contributed by atoms with van der Waals surface area (Å²) in [5.41, 5.74) is 0. The molecule has 0 amide bonds. The number of rotatable bonds is 4. The van der Waals surface area contributed by atoms with Crippen LogP contribution in [0.2, 0.25) is 5.15 Å². The summed E-state index contributed by atoms with van der Waals surface area (Å²) in [6.07, 6.45) is 0. The molecule has 0 atom stereocenters. The molecule has 0 aliphatic rings. The van der Waals surface area contributed by atoms with E-state index in [0.29, 0.717) is 34.1 Å².